The molecule has 2 rings (SSSR count). The van der Waals surface area contributed by atoms with Crippen molar-refractivity contribution in [3.8, 4) is 0 Å². The van der Waals surface area contributed by atoms with Crippen molar-refractivity contribution in [2.24, 2.45) is 5.92 Å². The number of aliphatic carboxylic acids is 1. The molecule has 0 aromatic carbocycles. The maximum absolute atomic E-state index is 12.0. The third-order valence-corrected chi connectivity index (χ3v) is 3.08. The van der Waals surface area contributed by atoms with Crippen LogP contribution in [-0.2, 0) is 4.79 Å². The topological polar surface area (TPSA) is 95.4 Å². The van der Waals surface area contributed by atoms with Crippen LogP contribution in [0, 0.1) is 5.92 Å². The quantitative estimate of drug-likeness (QED) is 0.855. The molecule has 2 heterocycles. The Hall–Kier alpha value is -2.18. The average Bonchev–Trinajstić information content (AvgIpc) is 2.39. The third-order valence-electron chi connectivity index (χ3n) is 3.08. The predicted octanol–water partition coefficient (Wildman–Crippen LogP) is 1.20. The predicted molar refractivity (Wildman–Crippen MR) is 67.6 cm³/mol. The lowest BCUT2D eigenvalue weighted by Crippen LogP contribution is -2.42. The first-order valence-corrected chi connectivity index (χ1v) is 6.18. The Morgan fingerprint density at radius 1 is 1.42 bits per heavy atom. The van der Waals surface area contributed by atoms with Gasteiger partial charge in [0, 0.05) is 19.5 Å². The highest BCUT2D eigenvalue weighted by atomic mass is 16.4. The number of carbonyl (C=O) groups excluding carboxylic acids is 1. The maximum Gasteiger partial charge on any atom is 0.321 e. The van der Waals surface area contributed by atoms with Crippen molar-refractivity contribution in [2.45, 2.75) is 19.3 Å². The summed E-state index contributed by atoms with van der Waals surface area (Å²) in [5.74, 6) is -0.784. The number of anilines is 1. The van der Waals surface area contributed by atoms with E-state index in [0.29, 0.717) is 18.8 Å². The van der Waals surface area contributed by atoms with Gasteiger partial charge in [-0.3, -0.25) is 4.79 Å². The van der Waals surface area contributed by atoms with Crippen molar-refractivity contribution in [2.75, 3.05) is 18.4 Å². The number of amides is 2. The molecule has 1 fully saturated rings. The summed E-state index contributed by atoms with van der Waals surface area (Å²) in [6, 6.07) is -0.232. The van der Waals surface area contributed by atoms with Crippen LogP contribution in [0.25, 0.3) is 0 Å². The van der Waals surface area contributed by atoms with Crippen molar-refractivity contribution >= 4 is 17.7 Å². The van der Waals surface area contributed by atoms with Crippen LogP contribution in [0.4, 0.5) is 10.5 Å². The lowest BCUT2D eigenvalue weighted by Gasteiger charge is -2.32. The summed E-state index contributed by atoms with van der Waals surface area (Å²) in [5, 5.41) is 11.5. The largest absolute Gasteiger partial charge is 0.481 e. The minimum atomic E-state index is -0.816. The van der Waals surface area contributed by atoms with Gasteiger partial charge in [0.1, 0.15) is 6.33 Å². The summed E-state index contributed by atoms with van der Waals surface area (Å²) in [7, 11) is 0. The summed E-state index contributed by atoms with van der Waals surface area (Å²) in [6.07, 6.45) is 6.21. The van der Waals surface area contributed by atoms with Gasteiger partial charge in [0.05, 0.1) is 18.1 Å². The lowest BCUT2D eigenvalue weighted by atomic mass is 9.95. The number of carbonyl (C=O) groups is 2. The molecule has 0 aliphatic carbocycles. The van der Waals surface area contributed by atoms with Crippen LogP contribution < -0.4 is 5.32 Å². The van der Waals surface area contributed by atoms with Gasteiger partial charge in [-0.1, -0.05) is 0 Å². The fraction of sp³-hybridized carbons (Fsp3) is 0.500. The van der Waals surface area contributed by atoms with Crippen LogP contribution in [0.15, 0.2) is 18.7 Å². The molecule has 1 atom stereocenters. The molecule has 1 aliphatic rings. The first kappa shape index (κ1) is 13.3. The standard InChI is InChI=1S/C12H16N4O3/c17-11(18)4-9-2-1-3-16(7-9)12(19)15-10-5-13-8-14-6-10/h5-6,8-9H,1-4,7H2,(H,15,19)(H,17,18). The smallest absolute Gasteiger partial charge is 0.321 e. The van der Waals surface area contributed by atoms with E-state index in [1.807, 2.05) is 0 Å². The molecule has 0 bridgehead atoms. The number of hydrogen-bond donors (Lipinski definition) is 2. The molecule has 1 saturated heterocycles. The highest BCUT2D eigenvalue weighted by molar-refractivity contribution is 5.89. The summed E-state index contributed by atoms with van der Waals surface area (Å²) < 4.78 is 0. The third kappa shape index (κ3) is 3.90. The van der Waals surface area contributed by atoms with Crippen LogP contribution in [-0.4, -0.2) is 45.1 Å². The second kappa shape index (κ2) is 6.12. The molecule has 2 N–H and O–H groups in total. The van der Waals surface area contributed by atoms with E-state index < -0.39 is 5.97 Å². The zero-order valence-electron chi connectivity index (χ0n) is 10.5. The number of piperidine rings is 1. The van der Waals surface area contributed by atoms with E-state index in [0.717, 1.165) is 12.8 Å². The monoisotopic (exact) mass is 264 g/mol. The molecule has 0 saturated carbocycles. The van der Waals surface area contributed by atoms with Gasteiger partial charge in [-0.05, 0) is 18.8 Å². The van der Waals surface area contributed by atoms with Crippen molar-refractivity contribution in [3.63, 3.8) is 0 Å². The van der Waals surface area contributed by atoms with Gasteiger partial charge < -0.3 is 15.3 Å². The van der Waals surface area contributed by atoms with E-state index in [1.54, 1.807) is 4.90 Å². The van der Waals surface area contributed by atoms with Gasteiger partial charge in [0.2, 0.25) is 0 Å². The van der Waals surface area contributed by atoms with E-state index in [2.05, 4.69) is 15.3 Å². The van der Waals surface area contributed by atoms with Gasteiger partial charge in [0.25, 0.3) is 0 Å². The maximum atomic E-state index is 12.0. The van der Waals surface area contributed by atoms with Gasteiger partial charge in [-0.2, -0.15) is 0 Å². The van der Waals surface area contributed by atoms with Crippen molar-refractivity contribution in [1.29, 1.82) is 0 Å². The molecule has 2 amide bonds. The number of carboxylic acid groups (broad SMARTS) is 1. The van der Waals surface area contributed by atoms with Crippen LogP contribution in [0.2, 0.25) is 0 Å². The number of nitrogens with zero attached hydrogens (tertiary/aromatic N) is 3. The van der Waals surface area contributed by atoms with E-state index >= 15 is 0 Å². The van der Waals surface area contributed by atoms with Crippen LogP contribution in [0.3, 0.4) is 0 Å². The number of rotatable bonds is 3. The number of hydrogen-bond acceptors (Lipinski definition) is 4. The molecule has 1 aliphatic heterocycles. The van der Waals surface area contributed by atoms with Gasteiger partial charge in [-0.15, -0.1) is 0 Å². The Balaban J connectivity index is 1.90. The fourth-order valence-electron chi connectivity index (χ4n) is 2.23. The molecule has 0 radical (unpaired) electrons. The molecular weight excluding hydrogens is 248 g/mol. The number of nitrogens with one attached hydrogen (secondary N) is 1. The van der Waals surface area contributed by atoms with Crippen molar-refractivity contribution in [3.05, 3.63) is 18.7 Å². The van der Waals surface area contributed by atoms with E-state index in [-0.39, 0.29) is 18.4 Å². The van der Waals surface area contributed by atoms with Crippen molar-refractivity contribution in [1.82, 2.24) is 14.9 Å². The SMILES string of the molecule is O=C(O)CC1CCCN(C(=O)Nc2cncnc2)C1. The van der Waals surface area contributed by atoms with E-state index in [9.17, 15) is 9.59 Å². The average molecular weight is 264 g/mol. The Morgan fingerprint density at radius 3 is 2.84 bits per heavy atom. The van der Waals surface area contributed by atoms with E-state index in [1.165, 1.54) is 18.7 Å². The normalized spacial score (nSPS) is 18.9. The van der Waals surface area contributed by atoms with Crippen LogP contribution >= 0.6 is 0 Å². The molecular formula is C12H16N4O3. The second-order valence-electron chi connectivity index (χ2n) is 4.61. The second-order valence-corrected chi connectivity index (χ2v) is 4.61. The number of carboxylic acids is 1. The molecule has 0 spiro atoms. The zero-order valence-corrected chi connectivity index (χ0v) is 10.5. The summed E-state index contributed by atoms with van der Waals surface area (Å²) in [5.41, 5.74) is 0.535. The zero-order chi connectivity index (χ0) is 13.7. The van der Waals surface area contributed by atoms with E-state index in [4.69, 9.17) is 5.11 Å². The number of aromatic nitrogens is 2. The molecule has 1 unspecified atom stereocenters. The molecule has 19 heavy (non-hydrogen) atoms. The lowest BCUT2D eigenvalue weighted by molar-refractivity contribution is -0.138. The Labute approximate surface area is 110 Å². The Kier molecular flexibility index (Phi) is 4.27. The summed E-state index contributed by atoms with van der Waals surface area (Å²) in [4.78, 5) is 32.0. The Bertz CT molecular complexity index is 452. The first-order chi connectivity index (χ1) is 9.15. The summed E-state index contributed by atoms with van der Waals surface area (Å²) in [6.45, 7) is 1.13. The fourth-order valence-corrected chi connectivity index (χ4v) is 2.23. The highest BCUT2D eigenvalue weighted by Gasteiger charge is 2.25. The van der Waals surface area contributed by atoms with Gasteiger partial charge in [0.15, 0.2) is 0 Å². The molecule has 1 aromatic heterocycles. The molecule has 7 nitrogen and oxygen atoms in total. The minimum Gasteiger partial charge on any atom is -0.481 e. The minimum absolute atomic E-state index is 0.0315. The Morgan fingerprint density at radius 2 is 2.16 bits per heavy atom. The molecule has 7 heteroatoms. The molecule has 102 valence electrons. The first-order valence-electron chi connectivity index (χ1n) is 6.18. The van der Waals surface area contributed by atoms with Crippen molar-refractivity contribution < 1.29 is 14.7 Å². The van der Waals surface area contributed by atoms with Crippen LogP contribution in [0.1, 0.15) is 19.3 Å². The van der Waals surface area contributed by atoms with Gasteiger partial charge in [-0.25, -0.2) is 14.8 Å². The number of urea groups is 1. The number of likely N-dealkylation sites (tertiary alicyclic amines) is 1. The van der Waals surface area contributed by atoms with Crippen LogP contribution in [0.5, 0.6) is 0 Å². The molecule has 1 aromatic rings. The summed E-state index contributed by atoms with van der Waals surface area (Å²) >= 11 is 0. The van der Waals surface area contributed by atoms with Gasteiger partial charge >= 0.3 is 12.0 Å². The highest BCUT2D eigenvalue weighted by Crippen LogP contribution is 2.20.